The molecule has 0 spiro atoms. The van der Waals surface area contributed by atoms with Crippen LogP contribution in [0.1, 0.15) is 2.85 Å². The second-order valence-electron chi connectivity index (χ2n) is 0.513. The first kappa shape index (κ1) is 22.4. The summed E-state index contributed by atoms with van der Waals surface area (Å²) < 4.78 is 8.88. The predicted molar refractivity (Wildman–Crippen MR) is 27.7 cm³/mol. The number of phosphoric acid groups is 1. The van der Waals surface area contributed by atoms with Crippen molar-refractivity contribution >= 4 is 7.82 Å². The minimum absolute atomic E-state index is 0. The van der Waals surface area contributed by atoms with Gasteiger partial charge in [-0.3, -0.25) is 0 Å². The Hall–Kier alpha value is 1.85. The Morgan fingerprint density at radius 3 is 1.11 bits per heavy atom. The monoisotopic (exact) mass is 174 g/mol. The van der Waals surface area contributed by atoms with Crippen LogP contribution in [-0.2, 0) is 4.57 Å². The molecule has 0 aliphatic heterocycles. The van der Waals surface area contributed by atoms with Crippen LogP contribution in [-0.4, -0.2) is 14.7 Å². The Kier molecular flexibility index (Phi) is 31.2. The number of hydrogen-bond donors (Lipinski definition) is 3. The molecule has 4 nitrogen and oxygen atoms in total. The SMILES string of the molecule is C=C.O=P(O)(O)O.[H-].[H-].[Na+].[Na+]. The van der Waals surface area contributed by atoms with Crippen LogP contribution in [0.25, 0.3) is 0 Å². The topological polar surface area (TPSA) is 77.8 Å². The molecule has 0 aromatic heterocycles. The van der Waals surface area contributed by atoms with Crippen molar-refractivity contribution in [2.75, 3.05) is 0 Å². The zero-order valence-corrected chi connectivity index (χ0v) is 10.5. The van der Waals surface area contributed by atoms with E-state index in [4.69, 9.17) is 19.2 Å². The van der Waals surface area contributed by atoms with Crippen LogP contribution in [0.2, 0.25) is 0 Å². The third-order valence-electron chi connectivity index (χ3n) is 0. The summed E-state index contributed by atoms with van der Waals surface area (Å²) in [4.78, 5) is 21.6. The van der Waals surface area contributed by atoms with Gasteiger partial charge in [-0.05, 0) is 0 Å². The minimum atomic E-state index is -4.64. The fourth-order valence-corrected chi connectivity index (χ4v) is 0. The van der Waals surface area contributed by atoms with Gasteiger partial charge >= 0.3 is 66.9 Å². The molecule has 0 aliphatic carbocycles. The smallest absolute Gasteiger partial charge is 1.00 e. The summed E-state index contributed by atoms with van der Waals surface area (Å²) in [5.41, 5.74) is 0. The van der Waals surface area contributed by atoms with Gasteiger partial charge in [0, 0.05) is 0 Å². The first-order chi connectivity index (χ1) is 3.00. The van der Waals surface area contributed by atoms with Crippen molar-refractivity contribution < 1.29 is 81.2 Å². The molecular formula is C2H9Na2O4P. The fourth-order valence-electron chi connectivity index (χ4n) is 0. The van der Waals surface area contributed by atoms with E-state index in [0.717, 1.165) is 0 Å². The van der Waals surface area contributed by atoms with E-state index < -0.39 is 7.82 Å². The Bertz CT molecular complexity index is 79.9. The van der Waals surface area contributed by atoms with Gasteiger partial charge in [-0.15, -0.1) is 13.2 Å². The first-order valence-electron chi connectivity index (χ1n) is 1.28. The average molecular weight is 174 g/mol. The van der Waals surface area contributed by atoms with Crippen molar-refractivity contribution in [1.82, 2.24) is 0 Å². The second-order valence-corrected chi connectivity index (χ2v) is 1.54. The van der Waals surface area contributed by atoms with Crippen LogP contribution in [0.3, 0.4) is 0 Å². The Morgan fingerprint density at radius 2 is 1.11 bits per heavy atom. The summed E-state index contributed by atoms with van der Waals surface area (Å²) in [7, 11) is -4.64. The molecule has 0 saturated carbocycles. The van der Waals surface area contributed by atoms with Crippen LogP contribution in [0.4, 0.5) is 0 Å². The molecule has 0 fully saturated rings. The van der Waals surface area contributed by atoms with Crippen molar-refractivity contribution in [2.24, 2.45) is 0 Å². The molecule has 3 N–H and O–H groups in total. The molecule has 0 atom stereocenters. The molecule has 0 heterocycles. The van der Waals surface area contributed by atoms with E-state index in [0.29, 0.717) is 0 Å². The molecular weight excluding hydrogens is 165 g/mol. The molecule has 0 aromatic rings. The average Bonchev–Trinajstić information content (AvgIpc) is 1.36. The van der Waals surface area contributed by atoms with E-state index in [-0.39, 0.29) is 62.0 Å². The maximum absolute atomic E-state index is 8.88. The van der Waals surface area contributed by atoms with Crippen molar-refractivity contribution in [3.63, 3.8) is 0 Å². The van der Waals surface area contributed by atoms with Gasteiger partial charge in [-0.2, -0.15) is 0 Å². The maximum atomic E-state index is 8.88. The summed E-state index contributed by atoms with van der Waals surface area (Å²) >= 11 is 0. The second kappa shape index (κ2) is 12.5. The maximum Gasteiger partial charge on any atom is 1.00 e. The van der Waals surface area contributed by atoms with Crippen molar-refractivity contribution in [3.05, 3.63) is 13.2 Å². The van der Waals surface area contributed by atoms with Crippen LogP contribution < -0.4 is 59.1 Å². The summed E-state index contributed by atoms with van der Waals surface area (Å²) in [6, 6.07) is 0. The van der Waals surface area contributed by atoms with Gasteiger partial charge < -0.3 is 17.5 Å². The van der Waals surface area contributed by atoms with E-state index >= 15 is 0 Å². The molecule has 0 aliphatic rings. The van der Waals surface area contributed by atoms with Crippen molar-refractivity contribution in [2.45, 2.75) is 0 Å². The van der Waals surface area contributed by atoms with E-state index in [1.807, 2.05) is 0 Å². The van der Waals surface area contributed by atoms with Crippen molar-refractivity contribution in [3.8, 4) is 0 Å². The van der Waals surface area contributed by atoms with E-state index in [9.17, 15) is 0 Å². The number of hydrogen-bond acceptors (Lipinski definition) is 1. The summed E-state index contributed by atoms with van der Waals surface area (Å²) in [5, 5.41) is 0. The van der Waals surface area contributed by atoms with Crippen LogP contribution in [0.15, 0.2) is 13.2 Å². The third-order valence-corrected chi connectivity index (χ3v) is 0. The molecule has 0 aromatic carbocycles. The summed E-state index contributed by atoms with van der Waals surface area (Å²) in [6.07, 6.45) is 0. The quantitative estimate of drug-likeness (QED) is 0.194. The van der Waals surface area contributed by atoms with Crippen LogP contribution >= 0.6 is 7.82 Å². The molecule has 0 radical (unpaired) electrons. The Labute approximate surface area is 101 Å². The largest absolute Gasteiger partial charge is 1.00 e. The molecule has 7 heteroatoms. The van der Waals surface area contributed by atoms with E-state index in [1.165, 1.54) is 0 Å². The Balaban J connectivity index is -0.00000000972. The Morgan fingerprint density at radius 1 is 1.11 bits per heavy atom. The van der Waals surface area contributed by atoms with Gasteiger partial charge in [0.1, 0.15) is 0 Å². The van der Waals surface area contributed by atoms with Crippen molar-refractivity contribution in [1.29, 1.82) is 0 Å². The standard InChI is InChI=1S/C2H4.2Na.H3O4P.2H/c1-2;;;1-5(2,3)4;;/h1-2H2;;;(H3,1,2,3,4);;/q;2*+1;;2*-1. The van der Waals surface area contributed by atoms with Gasteiger partial charge in [0.15, 0.2) is 0 Å². The minimum Gasteiger partial charge on any atom is -1.00 e. The molecule has 0 saturated heterocycles. The van der Waals surface area contributed by atoms with E-state index in [2.05, 4.69) is 13.2 Å². The molecule has 0 bridgehead atoms. The zero-order chi connectivity index (χ0) is 6.50. The fraction of sp³-hybridized carbons (Fsp3) is 0. The molecule has 0 unspecified atom stereocenters. The molecule has 48 valence electrons. The van der Waals surface area contributed by atoms with Crippen LogP contribution in [0, 0.1) is 0 Å². The van der Waals surface area contributed by atoms with Gasteiger partial charge in [-0.25, -0.2) is 4.57 Å². The third kappa shape index (κ3) is 177. The van der Waals surface area contributed by atoms with E-state index in [1.54, 1.807) is 0 Å². The molecule has 0 amide bonds. The zero-order valence-electron chi connectivity index (χ0n) is 7.61. The van der Waals surface area contributed by atoms with Crippen LogP contribution in [0.5, 0.6) is 0 Å². The predicted octanol–water partition coefficient (Wildman–Crippen LogP) is -5.89. The van der Waals surface area contributed by atoms with Gasteiger partial charge in [0.2, 0.25) is 0 Å². The van der Waals surface area contributed by atoms with Gasteiger partial charge in [-0.1, -0.05) is 0 Å². The molecule has 0 rings (SSSR count). The number of rotatable bonds is 0. The summed E-state index contributed by atoms with van der Waals surface area (Å²) in [6.45, 7) is 6.00. The summed E-state index contributed by atoms with van der Waals surface area (Å²) in [5.74, 6) is 0. The normalized spacial score (nSPS) is 7.00. The molecule has 9 heavy (non-hydrogen) atoms. The van der Waals surface area contributed by atoms with Gasteiger partial charge in [0.05, 0.1) is 0 Å². The first-order valence-corrected chi connectivity index (χ1v) is 2.85. The van der Waals surface area contributed by atoms with Gasteiger partial charge in [0.25, 0.3) is 0 Å².